The van der Waals surface area contributed by atoms with E-state index in [1.807, 2.05) is 0 Å². The van der Waals surface area contributed by atoms with Crippen molar-refractivity contribution in [2.75, 3.05) is 13.6 Å². The fraction of sp³-hybridized carbons (Fsp3) is 0.556. The molecule has 0 amide bonds. The van der Waals surface area contributed by atoms with Gasteiger partial charge in [-0.1, -0.05) is 32.9 Å². The van der Waals surface area contributed by atoms with Gasteiger partial charge < -0.3 is 9.47 Å². The van der Waals surface area contributed by atoms with E-state index in [1.165, 1.54) is 35.9 Å². The van der Waals surface area contributed by atoms with Crippen molar-refractivity contribution in [1.29, 1.82) is 0 Å². The molecule has 1 aromatic carbocycles. The first kappa shape index (κ1) is 13.7. The Labute approximate surface area is 122 Å². The van der Waals surface area contributed by atoms with E-state index >= 15 is 0 Å². The van der Waals surface area contributed by atoms with Crippen LogP contribution >= 0.6 is 0 Å². The summed E-state index contributed by atoms with van der Waals surface area (Å²) in [4.78, 5) is 2.50. The minimum absolute atomic E-state index is 0.204. The molecule has 2 aromatic rings. The van der Waals surface area contributed by atoms with Crippen LogP contribution in [-0.4, -0.2) is 29.1 Å². The molecule has 2 nitrogen and oxygen atoms in total. The molecule has 1 aliphatic rings. The number of hydrogen-bond acceptors (Lipinski definition) is 1. The van der Waals surface area contributed by atoms with E-state index in [0.717, 1.165) is 6.54 Å². The van der Waals surface area contributed by atoms with E-state index < -0.39 is 0 Å². The van der Waals surface area contributed by atoms with Gasteiger partial charge in [0.2, 0.25) is 0 Å². The van der Waals surface area contributed by atoms with Gasteiger partial charge >= 0.3 is 0 Å². The smallest absolute Gasteiger partial charge is 0.0483 e. The third-order valence-corrected chi connectivity index (χ3v) is 4.70. The molecule has 1 aromatic heterocycles. The van der Waals surface area contributed by atoms with Gasteiger partial charge in [-0.15, -0.1) is 0 Å². The highest BCUT2D eigenvalue weighted by molar-refractivity contribution is 5.84. The second-order valence-electron chi connectivity index (χ2n) is 7.23. The van der Waals surface area contributed by atoms with E-state index in [-0.39, 0.29) is 5.41 Å². The van der Waals surface area contributed by atoms with Crippen LogP contribution in [0.5, 0.6) is 0 Å². The van der Waals surface area contributed by atoms with Crippen LogP contribution in [0.3, 0.4) is 0 Å². The first-order valence-electron chi connectivity index (χ1n) is 7.75. The van der Waals surface area contributed by atoms with Crippen LogP contribution < -0.4 is 0 Å². The summed E-state index contributed by atoms with van der Waals surface area (Å²) in [5.74, 6) is 0. The minimum atomic E-state index is 0.204. The van der Waals surface area contributed by atoms with Gasteiger partial charge in [0.25, 0.3) is 0 Å². The average Bonchev–Trinajstić information content (AvgIpc) is 2.96. The highest BCUT2D eigenvalue weighted by Crippen LogP contribution is 2.31. The molecule has 1 atom stereocenters. The van der Waals surface area contributed by atoms with Crippen LogP contribution in [0.25, 0.3) is 10.9 Å². The Morgan fingerprint density at radius 3 is 2.65 bits per heavy atom. The molecule has 0 N–H and O–H groups in total. The standard InChI is InChI=1S/C18H26N2/c1-18(2,3)16-8-5-9-17-15(16)10-12-20(17)13-14-7-6-11-19(14)4/h5,8-10,12,14H,6-7,11,13H2,1-4H3. The fourth-order valence-corrected chi connectivity index (χ4v) is 3.47. The van der Waals surface area contributed by atoms with Gasteiger partial charge in [0.1, 0.15) is 0 Å². The summed E-state index contributed by atoms with van der Waals surface area (Å²) >= 11 is 0. The second kappa shape index (κ2) is 4.92. The fourth-order valence-electron chi connectivity index (χ4n) is 3.47. The van der Waals surface area contributed by atoms with Gasteiger partial charge in [0.05, 0.1) is 0 Å². The number of rotatable bonds is 2. The van der Waals surface area contributed by atoms with Crippen molar-refractivity contribution in [1.82, 2.24) is 9.47 Å². The maximum Gasteiger partial charge on any atom is 0.0483 e. The molecule has 108 valence electrons. The Balaban J connectivity index is 1.98. The SMILES string of the molecule is CN1CCCC1Cn1ccc2c(C(C)(C)C)cccc21. The predicted molar refractivity (Wildman–Crippen MR) is 86.3 cm³/mol. The Hall–Kier alpha value is -1.28. The zero-order chi connectivity index (χ0) is 14.3. The monoisotopic (exact) mass is 270 g/mol. The summed E-state index contributed by atoms with van der Waals surface area (Å²) < 4.78 is 2.44. The normalized spacial score (nSPS) is 20.9. The first-order chi connectivity index (χ1) is 9.47. The number of benzene rings is 1. The van der Waals surface area contributed by atoms with Crippen LogP contribution in [-0.2, 0) is 12.0 Å². The lowest BCUT2D eigenvalue weighted by molar-refractivity contribution is 0.284. The quantitative estimate of drug-likeness (QED) is 0.800. The minimum Gasteiger partial charge on any atom is -0.346 e. The number of likely N-dealkylation sites (N-methyl/N-ethyl adjacent to an activating group) is 1. The zero-order valence-corrected chi connectivity index (χ0v) is 13.2. The Bertz CT molecular complexity index is 603. The summed E-state index contributed by atoms with van der Waals surface area (Å²) in [5, 5.41) is 1.42. The Morgan fingerprint density at radius 1 is 1.20 bits per heavy atom. The number of nitrogens with zero attached hydrogens (tertiary/aromatic N) is 2. The molecule has 3 rings (SSSR count). The van der Waals surface area contributed by atoms with Crippen molar-refractivity contribution in [2.24, 2.45) is 0 Å². The molecule has 1 unspecified atom stereocenters. The number of aromatic nitrogens is 1. The summed E-state index contributed by atoms with van der Waals surface area (Å²) in [6, 6.07) is 9.74. The summed E-state index contributed by atoms with van der Waals surface area (Å²) in [6.45, 7) is 9.25. The summed E-state index contributed by atoms with van der Waals surface area (Å²) in [6.07, 6.45) is 4.94. The van der Waals surface area contributed by atoms with Gasteiger partial charge in [-0.3, -0.25) is 0 Å². The molecule has 2 heterocycles. The molecule has 0 spiro atoms. The van der Waals surface area contributed by atoms with Crippen molar-refractivity contribution < 1.29 is 0 Å². The van der Waals surface area contributed by atoms with E-state index in [4.69, 9.17) is 0 Å². The number of likely N-dealkylation sites (tertiary alicyclic amines) is 1. The van der Waals surface area contributed by atoms with Gasteiger partial charge in [0.15, 0.2) is 0 Å². The van der Waals surface area contributed by atoms with Gasteiger partial charge in [-0.25, -0.2) is 0 Å². The first-order valence-corrected chi connectivity index (χ1v) is 7.75. The Morgan fingerprint density at radius 2 is 2.00 bits per heavy atom. The largest absolute Gasteiger partial charge is 0.346 e. The lowest BCUT2D eigenvalue weighted by atomic mass is 9.85. The molecule has 0 bridgehead atoms. The summed E-state index contributed by atoms with van der Waals surface area (Å²) in [5.41, 5.74) is 3.04. The average molecular weight is 270 g/mol. The van der Waals surface area contributed by atoms with E-state index in [2.05, 4.69) is 67.7 Å². The van der Waals surface area contributed by atoms with Crippen molar-refractivity contribution in [3.63, 3.8) is 0 Å². The molecule has 0 saturated carbocycles. The molecule has 20 heavy (non-hydrogen) atoms. The van der Waals surface area contributed by atoms with Crippen LogP contribution in [0, 0.1) is 0 Å². The molecule has 1 aliphatic heterocycles. The van der Waals surface area contributed by atoms with Crippen LogP contribution in [0.2, 0.25) is 0 Å². The van der Waals surface area contributed by atoms with Crippen LogP contribution in [0.4, 0.5) is 0 Å². The summed E-state index contributed by atoms with van der Waals surface area (Å²) in [7, 11) is 2.25. The molecule has 2 heteroatoms. The number of fused-ring (bicyclic) bond motifs is 1. The van der Waals surface area contributed by atoms with Crippen molar-refractivity contribution >= 4 is 10.9 Å². The highest BCUT2D eigenvalue weighted by atomic mass is 15.2. The van der Waals surface area contributed by atoms with E-state index in [0.29, 0.717) is 6.04 Å². The molecule has 0 radical (unpaired) electrons. The molecular formula is C18H26N2. The molecular weight excluding hydrogens is 244 g/mol. The number of hydrogen-bond donors (Lipinski definition) is 0. The maximum absolute atomic E-state index is 2.50. The predicted octanol–water partition coefficient (Wildman–Crippen LogP) is 4.03. The maximum atomic E-state index is 2.50. The van der Waals surface area contributed by atoms with Crippen molar-refractivity contribution in [2.45, 2.75) is 51.6 Å². The topological polar surface area (TPSA) is 8.17 Å². The molecule has 0 aliphatic carbocycles. The lowest BCUT2D eigenvalue weighted by Gasteiger charge is -2.22. The third kappa shape index (κ3) is 2.37. The van der Waals surface area contributed by atoms with Crippen LogP contribution in [0.1, 0.15) is 39.2 Å². The Kier molecular flexibility index (Phi) is 3.37. The second-order valence-corrected chi connectivity index (χ2v) is 7.23. The highest BCUT2D eigenvalue weighted by Gasteiger charge is 2.22. The molecule has 1 fully saturated rings. The van der Waals surface area contributed by atoms with E-state index in [1.54, 1.807) is 0 Å². The van der Waals surface area contributed by atoms with Crippen LogP contribution in [0.15, 0.2) is 30.5 Å². The van der Waals surface area contributed by atoms with Gasteiger partial charge in [-0.05, 0) is 49.5 Å². The van der Waals surface area contributed by atoms with E-state index in [9.17, 15) is 0 Å². The van der Waals surface area contributed by atoms with Crippen molar-refractivity contribution in [3.05, 3.63) is 36.0 Å². The van der Waals surface area contributed by atoms with Gasteiger partial charge in [-0.2, -0.15) is 0 Å². The molecule has 1 saturated heterocycles. The zero-order valence-electron chi connectivity index (χ0n) is 13.2. The van der Waals surface area contributed by atoms with Crippen molar-refractivity contribution in [3.8, 4) is 0 Å². The lowest BCUT2D eigenvalue weighted by Crippen LogP contribution is -2.29. The van der Waals surface area contributed by atoms with Gasteiger partial charge in [0, 0.05) is 29.7 Å². The third-order valence-electron chi connectivity index (χ3n) is 4.70.